The highest BCUT2D eigenvalue weighted by Crippen LogP contribution is 2.56. The lowest BCUT2D eigenvalue weighted by Crippen LogP contribution is -1.95. The first-order valence-electron chi connectivity index (χ1n) is 60.4. The summed E-state index contributed by atoms with van der Waals surface area (Å²) in [5.74, 6) is 0. The first kappa shape index (κ1) is 65.7. The molecule has 0 aliphatic rings. The summed E-state index contributed by atoms with van der Waals surface area (Å²) in [5, 5.41) is 24.5. The van der Waals surface area contributed by atoms with Gasteiger partial charge in [-0.25, -0.2) is 0 Å². The Morgan fingerprint density at radius 1 is 0.128 bits per heavy atom. The molecular weight excluding hydrogens is 1790 g/mol. The van der Waals surface area contributed by atoms with E-state index in [1.54, 1.807) is 0 Å². The van der Waals surface area contributed by atoms with E-state index in [0.29, 0.717) is 0 Å². The standard InChI is InChI=1S/2C56H34O.C34H22/c1-3-19-38-35(16-1)18-15-30-41(38)51-33-37(34-52-44-24-13-14-31-53(44)57-56(51)52)54-46-26-9-11-28-48(46)55(49-29-12-10-27-47(49)54)45-25-8-7-23-43(45)50-32-36-17-2-4-20-39(36)40-21-5-6-22-42(40)50;1-3-19-37-35(16-1)18-15-30-40(37)50-34-54-51(43-24-13-14-31-53(43)57-54)33-52(50)56-47-28-11-9-26-45(47)55(46-27-10-12-29-48(46)56)44-25-8-7-23-42(44)49-32-36-17-2-4-20-38(36)39-21-5-6-22-41(39)49;1-2-12-25-22-26(21-20-23(25)10-1)33-29-15-5-7-17-31(29)34(32-18-8-6-16-30(32)33)28-19-9-13-24-11-3-4-14-27(24)28/h2*1-34H;1-22H/i;;1D,2D,3D,4D,5D,6D,7D,8D,9D,10D,11D,12D,13D,14D,15D,16D,17D,18D,19D,20D,21D,22D. The summed E-state index contributed by atoms with van der Waals surface area (Å²) in [6.07, 6.45) is 0. The van der Waals surface area contributed by atoms with Crippen LogP contribution in [0.2, 0.25) is 0 Å². The topological polar surface area (TPSA) is 26.3 Å². The van der Waals surface area contributed by atoms with E-state index in [2.05, 4.69) is 413 Å². The molecule has 0 amide bonds. The van der Waals surface area contributed by atoms with Gasteiger partial charge in [0.1, 0.15) is 22.3 Å². The summed E-state index contributed by atoms with van der Waals surface area (Å²) < 4.78 is 206. The fraction of sp³-hybridized carbons (Fsp3) is 0. The number of para-hydroxylation sites is 2. The van der Waals surface area contributed by atoms with Crippen LogP contribution in [-0.4, -0.2) is 0 Å². The number of fused-ring (bicyclic) bond motifs is 22. The van der Waals surface area contributed by atoms with Gasteiger partial charge in [-0.1, -0.05) is 491 Å². The van der Waals surface area contributed by atoms with E-state index in [1.165, 1.54) is 186 Å². The van der Waals surface area contributed by atoms with Gasteiger partial charge in [-0.15, -0.1) is 0 Å². The Hall–Kier alpha value is -19.4. The summed E-state index contributed by atoms with van der Waals surface area (Å²) >= 11 is 0. The van der Waals surface area contributed by atoms with Crippen molar-refractivity contribution in [2.75, 3.05) is 0 Å². The van der Waals surface area contributed by atoms with Gasteiger partial charge in [-0.2, -0.15) is 0 Å². The molecule has 2 heteroatoms. The van der Waals surface area contributed by atoms with Crippen LogP contribution >= 0.6 is 0 Å². The van der Waals surface area contributed by atoms with Crippen LogP contribution in [0.5, 0.6) is 0 Å². The van der Waals surface area contributed by atoms with E-state index < -0.39 is 198 Å². The first-order valence-corrected chi connectivity index (χ1v) is 49.4. The average Bonchev–Trinajstić information content (AvgIpc) is 0.709. The van der Waals surface area contributed by atoms with Gasteiger partial charge in [0.2, 0.25) is 0 Å². The third kappa shape index (κ3) is 14.0. The normalized spacial score (nSPS) is 13.9. The molecule has 29 aromatic carbocycles. The van der Waals surface area contributed by atoms with Crippen molar-refractivity contribution in [3.63, 3.8) is 0 Å². The Labute approximate surface area is 885 Å². The molecule has 0 spiro atoms. The maximum absolute atomic E-state index is 9.32. The number of furan rings is 2. The van der Waals surface area contributed by atoms with Crippen molar-refractivity contribution in [3.05, 3.63) is 545 Å². The molecule has 0 saturated heterocycles. The summed E-state index contributed by atoms with van der Waals surface area (Å²) in [6, 6.07) is 132. The second-order valence-electron chi connectivity index (χ2n) is 37.4. The molecule has 31 rings (SSSR count). The maximum Gasteiger partial charge on any atom is 0.143 e. The zero-order valence-electron chi connectivity index (χ0n) is 101. The Morgan fingerprint density at radius 2 is 0.473 bits per heavy atom. The molecule has 0 atom stereocenters. The van der Waals surface area contributed by atoms with E-state index in [-0.39, 0.29) is 0 Å². The molecule has 0 fully saturated rings. The van der Waals surface area contributed by atoms with Gasteiger partial charge in [0, 0.05) is 27.1 Å². The van der Waals surface area contributed by atoms with Crippen LogP contribution in [0.4, 0.5) is 0 Å². The van der Waals surface area contributed by atoms with Crippen molar-refractivity contribution in [3.8, 4) is 111 Å². The minimum Gasteiger partial charge on any atom is -0.456 e. The molecule has 0 saturated carbocycles. The zero-order valence-corrected chi connectivity index (χ0v) is 79.1. The SMILES string of the molecule is [2H]c1c([2H])c([2H])c2c([2H])c(-c3c4c([2H])c([2H])c([2H])c([2H])c4c(-c4c([2H])c([2H])c([2H])c5c([2H])c([2H])c([2H])c([2H])c45)c4c([2H])c([2H])c([2H])c([2H])c34)c([2H])c([2H])c2c1[2H].c1ccc(-c2cc3ccccc3c3ccccc23)c(-c2c3ccccc3c(-c3cc(-c4cccc5ccccc45)c4oc5ccccc5c4c3)c3ccccc23)c1.c1ccc(-c2cc3ccccc3c3ccccc23)c(-c2c3ccccc3c(-c3cc4c(cc3-c3cccc5ccccc35)oc3ccccc34)c3ccccc23)c1. The minimum atomic E-state index is -0.915. The smallest absolute Gasteiger partial charge is 0.143 e. The van der Waals surface area contributed by atoms with Crippen LogP contribution in [0.1, 0.15) is 30.2 Å². The molecule has 2 nitrogen and oxygen atoms in total. The lowest BCUT2D eigenvalue weighted by molar-refractivity contribution is 0.669. The molecule has 0 radical (unpaired) electrons. The highest BCUT2D eigenvalue weighted by molar-refractivity contribution is 6.30. The van der Waals surface area contributed by atoms with Crippen LogP contribution in [0, 0.1) is 0 Å². The Bertz CT molecular complexity index is 12200. The fourth-order valence-corrected chi connectivity index (χ4v) is 23.2. The molecule has 2 aromatic heterocycles. The molecule has 0 N–H and O–H groups in total. The van der Waals surface area contributed by atoms with Gasteiger partial charge in [0.05, 0.1) is 30.2 Å². The molecule has 31 aromatic rings. The van der Waals surface area contributed by atoms with Gasteiger partial charge in [0.25, 0.3) is 0 Å². The quantitative estimate of drug-likeness (QED) is 0.101. The highest BCUT2D eigenvalue weighted by Gasteiger charge is 2.29. The number of rotatable bonds is 10. The predicted molar refractivity (Wildman–Crippen MR) is 633 cm³/mol. The average molecular weight is 1900 g/mol. The number of hydrogen-bond donors (Lipinski definition) is 0. The zero-order chi connectivity index (χ0) is 117. The monoisotopic (exact) mass is 1900 g/mol. The Morgan fingerprint density at radius 3 is 0.986 bits per heavy atom. The summed E-state index contributed by atoms with van der Waals surface area (Å²) in [5.41, 5.74) is 20.3. The van der Waals surface area contributed by atoms with Crippen molar-refractivity contribution in [2.24, 2.45) is 0 Å². The van der Waals surface area contributed by atoms with Crippen LogP contribution in [0.3, 0.4) is 0 Å². The second-order valence-corrected chi connectivity index (χ2v) is 37.4. The van der Waals surface area contributed by atoms with Crippen molar-refractivity contribution in [2.45, 2.75) is 0 Å². The van der Waals surface area contributed by atoms with Gasteiger partial charge >= 0.3 is 0 Å². The van der Waals surface area contributed by atoms with Crippen LogP contribution in [-0.2, 0) is 0 Å². The third-order valence-corrected chi connectivity index (χ3v) is 29.5. The summed E-state index contributed by atoms with van der Waals surface area (Å²) in [6.45, 7) is 0. The van der Waals surface area contributed by atoms with Crippen molar-refractivity contribution < 1.29 is 39.0 Å². The molecular formula is C146H90O2. The van der Waals surface area contributed by atoms with Gasteiger partial charge in [-0.05, 0) is 311 Å². The molecule has 148 heavy (non-hydrogen) atoms. The third-order valence-electron chi connectivity index (χ3n) is 29.5. The van der Waals surface area contributed by atoms with Gasteiger partial charge in [0.15, 0.2) is 0 Å². The summed E-state index contributed by atoms with van der Waals surface area (Å²) in [4.78, 5) is 0. The molecule has 0 aliphatic heterocycles. The van der Waals surface area contributed by atoms with Gasteiger partial charge in [-0.3, -0.25) is 0 Å². The van der Waals surface area contributed by atoms with E-state index in [1.807, 2.05) is 0 Å². The molecule has 2 heterocycles. The van der Waals surface area contributed by atoms with Crippen molar-refractivity contribution in [1.82, 2.24) is 0 Å². The summed E-state index contributed by atoms with van der Waals surface area (Å²) in [7, 11) is 0. The predicted octanol–water partition coefficient (Wildman–Crippen LogP) is 41.7. The minimum absolute atomic E-state index is 0.526. The molecule has 0 aliphatic carbocycles. The van der Waals surface area contributed by atoms with Crippen molar-refractivity contribution >= 4 is 195 Å². The van der Waals surface area contributed by atoms with Crippen LogP contribution in [0.15, 0.2) is 554 Å². The highest BCUT2D eigenvalue weighted by atomic mass is 16.3. The largest absolute Gasteiger partial charge is 0.456 e. The maximum atomic E-state index is 9.32. The Balaban J connectivity index is 0.000000115. The molecule has 0 bridgehead atoms. The molecule has 0 unspecified atom stereocenters. The van der Waals surface area contributed by atoms with Crippen molar-refractivity contribution in [1.29, 1.82) is 0 Å². The van der Waals surface area contributed by atoms with E-state index in [4.69, 9.17) is 32.1 Å². The lowest BCUT2D eigenvalue weighted by atomic mass is 9.81. The van der Waals surface area contributed by atoms with E-state index in [9.17, 15) is 6.85 Å². The van der Waals surface area contributed by atoms with E-state index >= 15 is 0 Å². The number of hydrogen-bond acceptors (Lipinski definition) is 2. The lowest BCUT2D eigenvalue weighted by Gasteiger charge is -2.22. The van der Waals surface area contributed by atoms with Gasteiger partial charge < -0.3 is 8.83 Å². The Kier molecular flexibility index (Phi) is 15.7. The van der Waals surface area contributed by atoms with E-state index in [0.717, 1.165) is 55.0 Å². The second kappa shape index (κ2) is 35.3. The number of benzene rings is 29. The first-order chi connectivity index (χ1) is 82.6. The van der Waals surface area contributed by atoms with Crippen LogP contribution in [0.25, 0.3) is 306 Å². The molecule has 686 valence electrons. The fourth-order valence-electron chi connectivity index (χ4n) is 23.2. The van der Waals surface area contributed by atoms with Crippen LogP contribution < -0.4 is 0 Å².